The average molecular weight is 218 g/mol. The Hall–Kier alpha value is -1.52. The van der Waals surface area contributed by atoms with Gasteiger partial charge in [-0.25, -0.2) is 13.2 Å². The van der Waals surface area contributed by atoms with E-state index in [4.69, 9.17) is 5.11 Å². The van der Waals surface area contributed by atoms with E-state index in [1.807, 2.05) is 0 Å². The summed E-state index contributed by atoms with van der Waals surface area (Å²) in [6, 6.07) is 3.03. The van der Waals surface area contributed by atoms with Crippen LogP contribution in [-0.2, 0) is 11.2 Å². The van der Waals surface area contributed by atoms with Gasteiger partial charge in [-0.15, -0.1) is 0 Å². The summed E-state index contributed by atoms with van der Waals surface area (Å²) in [5.41, 5.74) is -0.256. The zero-order valence-electron chi connectivity index (χ0n) is 7.71. The van der Waals surface area contributed by atoms with Crippen LogP contribution in [0.15, 0.2) is 18.2 Å². The summed E-state index contributed by atoms with van der Waals surface area (Å²) in [5, 5.41) is 8.37. The van der Waals surface area contributed by atoms with Crippen LogP contribution in [0.4, 0.5) is 13.2 Å². The fourth-order valence-electron chi connectivity index (χ4n) is 1.14. The third kappa shape index (κ3) is 3.27. The van der Waals surface area contributed by atoms with E-state index in [0.29, 0.717) is 0 Å². The Balaban J connectivity index is 2.79. The van der Waals surface area contributed by atoms with Gasteiger partial charge in [-0.1, -0.05) is 12.1 Å². The molecule has 0 aliphatic carbocycles. The van der Waals surface area contributed by atoms with Crippen molar-refractivity contribution in [1.82, 2.24) is 0 Å². The first-order valence-electron chi connectivity index (χ1n) is 4.29. The smallest absolute Gasteiger partial charge is 0.303 e. The van der Waals surface area contributed by atoms with E-state index < -0.39 is 23.8 Å². The first-order valence-corrected chi connectivity index (χ1v) is 4.29. The number of alkyl halides is 2. The van der Waals surface area contributed by atoms with Gasteiger partial charge < -0.3 is 5.11 Å². The van der Waals surface area contributed by atoms with Crippen molar-refractivity contribution in [2.75, 3.05) is 0 Å². The number of carboxylic acids is 1. The van der Waals surface area contributed by atoms with Crippen molar-refractivity contribution in [3.05, 3.63) is 35.1 Å². The second-order valence-electron chi connectivity index (χ2n) is 3.05. The standard InChI is InChI=1S/C10H9F3O2/c11-8-5-7(10(12)13)2-1-6(8)3-4-9(14)15/h1-2,5,10H,3-4H2,(H,14,15). The highest BCUT2D eigenvalue weighted by molar-refractivity contribution is 5.67. The lowest BCUT2D eigenvalue weighted by molar-refractivity contribution is -0.136. The van der Waals surface area contributed by atoms with Gasteiger partial charge >= 0.3 is 5.97 Å². The fourth-order valence-corrected chi connectivity index (χ4v) is 1.14. The van der Waals surface area contributed by atoms with E-state index in [1.165, 1.54) is 6.07 Å². The molecule has 0 spiro atoms. The molecule has 1 rings (SSSR count). The molecule has 0 aliphatic heterocycles. The molecule has 0 saturated carbocycles. The van der Waals surface area contributed by atoms with Crippen LogP contribution < -0.4 is 0 Å². The maximum atomic E-state index is 13.1. The van der Waals surface area contributed by atoms with Gasteiger partial charge in [-0.3, -0.25) is 4.79 Å². The van der Waals surface area contributed by atoms with Crippen molar-refractivity contribution in [2.45, 2.75) is 19.3 Å². The molecule has 0 aliphatic rings. The normalized spacial score (nSPS) is 10.7. The van der Waals surface area contributed by atoms with Gasteiger partial charge in [-0.2, -0.15) is 0 Å². The van der Waals surface area contributed by atoms with Gasteiger partial charge in [0.1, 0.15) is 5.82 Å². The SMILES string of the molecule is O=C(O)CCc1ccc(C(F)F)cc1F. The zero-order valence-corrected chi connectivity index (χ0v) is 7.71. The second kappa shape index (κ2) is 4.82. The molecule has 0 fully saturated rings. The molecule has 0 saturated heterocycles. The van der Waals surface area contributed by atoms with E-state index in [1.54, 1.807) is 0 Å². The molecule has 0 atom stereocenters. The summed E-state index contributed by atoms with van der Waals surface area (Å²) >= 11 is 0. The van der Waals surface area contributed by atoms with Crippen LogP contribution in [0.3, 0.4) is 0 Å². The second-order valence-corrected chi connectivity index (χ2v) is 3.05. The Morgan fingerprint density at radius 3 is 2.53 bits per heavy atom. The molecule has 2 nitrogen and oxygen atoms in total. The fraction of sp³-hybridized carbons (Fsp3) is 0.300. The monoisotopic (exact) mass is 218 g/mol. The van der Waals surface area contributed by atoms with Crippen molar-refractivity contribution in [3.8, 4) is 0 Å². The number of rotatable bonds is 4. The molecule has 0 radical (unpaired) electrons. The van der Waals surface area contributed by atoms with E-state index in [9.17, 15) is 18.0 Å². The average Bonchev–Trinajstić information content (AvgIpc) is 2.15. The first-order chi connectivity index (χ1) is 7.00. The maximum Gasteiger partial charge on any atom is 0.303 e. The lowest BCUT2D eigenvalue weighted by atomic mass is 10.1. The number of carbonyl (C=O) groups is 1. The molecular weight excluding hydrogens is 209 g/mol. The minimum Gasteiger partial charge on any atom is -0.481 e. The Kier molecular flexibility index (Phi) is 3.71. The first kappa shape index (κ1) is 11.6. The van der Waals surface area contributed by atoms with E-state index in [-0.39, 0.29) is 18.4 Å². The quantitative estimate of drug-likeness (QED) is 0.843. The lowest BCUT2D eigenvalue weighted by Gasteiger charge is -2.04. The summed E-state index contributed by atoms with van der Waals surface area (Å²) < 4.78 is 37.4. The topological polar surface area (TPSA) is 37.3 Å². The Morgan fingerprint density at radius 2 is 2.07 bits per heavy atom. The van der Waals surface area contributed by atoms with Gasteiger partial charge in [0, 0.05) is 12.0 Å². The number of hydrogen-bond donors (Lipinski definition) is 1. The van der Waals surface area contributed by atoms with E-state index >= 15 is 0 Å². The minimum atomic E-state index is -2.71. The van der Waals surface area contributed by atoms with Gasteiger partial charge in [0.15, 0.2) is 0 Å². The van der Waals surface area contributed by atoms with Gasteiger partial charge in [0.25, 0.3) is 6.43 Å². The number of aliphatic carboxylic acids is 1. The third-order valence-corrected chi connectivity index (χ3v) is 1.94. The van der Waals surface area contributed by atoms with E-state index in [2.05, 4.69) is 0 Å². The van der Waals surface area contributed by atoms with Crippen LogP contribution in [-0.4, -0.2) is 11.1 Å². The molecule has 1 N–H and O–H groups in total. The number of aryl methyl sites for hydroxylation is 1. The van der Waals surface area contributed by atoms with Crippen LogP contribution in [0.5, 0.6) is 0 Å². The molecule has 0 heterocycles. The zero-order chi connectivity index (χ0) is 11.4. The van der Waals surface area contributed by atoms with Crippen LogP contribution >= 0.6 is 0 Å². The number of hydrogen-bond acceptors (Lipinski definition) is 1. The third-order valence-electron chi connectivity index (χ3n) is 1.94. The molecule has 5 heteroatoms. The minimum absolute atomic E-state index is 0.00465. The largest absolute Gasteiger partial charge is 0.481 e. The Labute approximate surface area is 84.3 Å². The highest BCUT2D eigenvalue weighted by Gasteiger charge is 2.11. The van der Waals surface area contributed by atoms with Gasteiger partial charge in [-0.05, 0) is 18.1 Å². The number of halogens is 3. The molecular formula is C10H9F3O2. The molecule has 0 aromatic heterocycles. The number of carboxylic acid groups (broad SMARTS) is 1. The molecule has 1 aromatic carbocycles. The van der Waals surface area contributed by atoms with Gasteiger partial charge in [0.2, 0.25) is 0 Å². The Bertz CT molecular complexity index is 364. The van der Waals surface area contributed by atoms with Crippen LogP contribution in [0.25, 0.3) is 0 Å². The van der Waals surface area contributed by atoms with Crippen molar-refractivity contribution >= 4 is 5.97 Å². The summed E-state index contributed by atoms with van der Waals surface area (Å²) in [4.78, 5) is 10.2. The summed E-state index contributed by atoms with van der Waals surface area (Å²) in [5.74, 6) is -1.83. The highest BCUT2D eigenvalue weighted by atomic mass is 19.3. The molecule has 15 heavy (non-hydrogen) atoms. The molecule has 0 amide bonds. The number of benzene rings is 1. The molecule has 0 bridgehead atoms. The highest BCUT2D eigenvalue weighted by Crippen LogP contribution is 2.21. The van der Waals surface area contributed by atoms with Gasteiger partial charge in [0.05, 0.1) is 0 Å². The molecule has 1 aromatic rings. The van der Waals surface area contributed by atoms with Crippen LogP contribution in [0, 0.1) is 5.82 Å². The Morgan fingerprint density at radius 1 is 1.40 bits per heavy atom. The van der Waals surface area contributed by atoms with Crippen molar-refractivity contribution in [3.63, 3.8) is 0 Å². The molecule has 82 valence electrons. The lowest BCUT2D eigenvalue weighted by Crippen LogP contribution is -2.00. The van der Waals surface area contributed by atoms with Crippen molar-refractivity contribution < 1.29 is 23.1 Å². The maximum absolute atomic E-state index is 13.1. The molecule has 0 unspecified atom stereocenters. The van der Waals surface area contributed by atoms with Crippen molar-refractivity contribution in [1.29, 1.82) is 0 Å². The van der Waals surface area contributed by atoms with Crippen LogP contribution in [0.2, 0.25) is 0 Å². The van der Waals surface area contributed by atoms with E-state index in [0.717, 1.165) is 12.1 Å². The summed E-state index contributed by atoms with van der Waals surface area (Å²) in [7, 11) is 0. The summed E-state index contributed by atoms with van der Waals surface area (Å²) in [6.07, 6.45) is -2.93. The van der Waals surface area contributed by atoms with Crippen molar-refractivity contribution in [2.24, 2.45) is 0 Å². The summed E-state index contributed by atoms with van der Waals surface area (Å²) in [6.45, 7) is 0. The predicted molar refractivity (Wildman–Crippen MR) is 47.3 cm³/mol. The van der Waals surface area contributed by atoms with Crippen LogP contribution in [0.1, 0.15) is 24.0 Å². The predicted octanol–water partition coefficient (Wildman–Crippen LogP) is 2.78.